The third-order valence-electron chi connectivity index (χ3n) is 17.4. The Bertz CT molecular complexity index is 4280. The van der Waals surface area contributed by atoms with E-state index in [4.69, 9.17) is 19.0 Å². The average molecular weight is 1290 g/mol. The van der Waals surface area contributed by atoms with Gasteiger partial charge in [0.1, 0.15) is 11.6 Å². The molecule has 0 unspecified atom stereocenters. The molecule has 0 atom stereocenters. The number of hydrogen-bond donors (Lipinski definition) is 0. The molecule has 0 N–H and O–H groups in total. The van der Waals surface area contributed by atoms with E-state index in [1.54, 1.807) is 0 Å². The first-order valence-electron chi connectivity index (χ1n) is 31.7. The molecule has 0 saturated heterocycles. The topological polar surface area (TPSA) is 55.9 Å². The highest BCUT2D eigenvalue weighted by Crippen LogP contribution is 2.55. The fourth-order valence-corrected chi connectivity index (χ4v) is 27.1. The highest BCUT2D eigenvalue weighted by molar-refractivity contribution is 7.88. The lowest BCUT2D eigenvalue weighted by molar-refractivity contribution is 0.461. The van der Waals surface area contributed by atoms with Crippen LogP contribution in [-0.4, -0.2) is 23.9 Å². The van der Waals surface area contributed by atoms with E-state index >= 15 is 0 Å². The van der Waals surface area contributed by atoms with Crippen molar-refractivity contribution in [3.05, 3.63) is 423 Å². The minimum absolute atomic E-state index is 0.758. The summed E-state index contributed by atoms with van der Waals surface area (Å²) in [7, 11) is -7.26. The Morgan fingerprint density at radius 2 is 0.319 bits per heavy atom. The normalized spacial score (nSPS) is 14.4. The van der Waals surface area contributed by atoms with Gasteiger partial charge in [-0.05, 0) is 12.2 Å². The van der Waals surface area contributed by atoms with Crippen molar-refractivity contribution in [1.29, 1.82) is 0 Å². The fraction of sp³-hybridized carbons (Fsp3) is 0.0238. The molecule has 2 aliphatic heterocycles. The summed E-state index contributed by atoms with van der Waals surface area (Å²) in [6.45, 7) is 0. The summed E-state index contributed by atoms with van der Waals surface area (Å²) in [5.41, 5.74) is 3.32. The minimum Gasteiger partial charge on any atom is -0.328 e. The van der Waals surface area contributed by atoms with Crippen LogP contribution in [-0.2, 0) is 0 Å². The maximum absolute atomic E-state index is 6.41. The van der Waals surface area contributed by atoms with Crippen LogP contribution in [0.3, 0.4) is 0 Å². The van der Waals surface area contributed by atoms with Crippen molar-refractivity contribution >= 4 is 91.9 Å². The number of likely N-dealkylation sites (N-methyl/N-ethyl adjacent to an activating group) is 2. The van der Waals surface area contributed by atoms with Crippen LogP contribution in [0.2, 0.25) is 0 Å². The summed E-state index contributed by atoms with van der Waals surface area (Å²) in [6, 6.07) is 131. The monoisotopic (exact) mass is 1290 g/mol. The molecule has 0 saturated carbocycles. The standard InChI is InChI=1S/C84H70N6P4/c1-89-81(63-67(85-91(69-39-15-3-16-40-69,70-41-17-4-18-42-70)71-43-19-5-20-44-71)65-83(89)87-93(75-51-27-9-28-52-75,76-53-29-10-30-54-76)77-55-31-11-32-56-77)82-64-68(86-92(72-45-21-6-22-46-72,73-47-23-7-24-48-73)74-49-25-8-26-50-74)66-84(90(82)2)88-94(78-57-33-12-34-58-78,79-59-35-13-36-60-79)80-61-37-14-38-62-80/h3-66H,1-2H3/b82-81+. The van der Waals surface area contributed by atoms with E-state index in [0.29, 0.717) is 0 Å². The van der Waals surface area contributed by atoms with E-state index in [2.05, 4.69) is 412 Å². The molecule has 14 rings (SSSR count). The van der Waals surface area contributed by atoms with Gasteiger partial charge in [0.15, 0.2) is 0 Å². The zero-order valence-corrected chi connectivity index (χ0v) is 56.0. The number of benzene rings is 12. The fourth-order valence-electron chi connectivity index (χ4n) is 12.9. The molecule has 12 aromatic rings. The van der Waals surface area contributed by atoms with Crippen molar-refractivity contribution in [1.82, 2.24) is 9.80 Å². The van der Waals surface area contributed by atoms with Crippen LogP contribution in [0.5, 0.6) is 0 Å². The van der Waals surface area contributed by atoms with E-state index in [-0.39, 0.29) is 0 Å². The smallest absolute Gasteiger partial charge is 0.134 e. The molecular weight excluding hydrogens is 1220 g/mol. The lowest BCUT2D eigenvalue weighted by atomic mass is 10.1. The Balaban J connectivity index is 1.17. The van der Waals surface area contributed by atoms with Crippen molar-refractivity contribution in [2.24, 2.45) is 19.0 Å². The summed E-state index contributed by atoms with van der Waals surface area (Å²) in [6.07, 6.45) is 9.07. The number of rotatable bonds is 16. The first kappa shape index (κ1) is 61.4. The molecular formula is C84H70N6P4. The molecule has 0 amide bonds. The predicted molar refractivity (Wildman–Crippen MR) is 405 cm³/mol. The van der Waals surface area contributed by atoms with Gasteiger partial charge >= 0.3 is 0 Å². The van der Waals surface area contributed by atoms with Gasteiger partial charge in [0.25, 0.3) is 0 Å². The van der Waals surface area contributed by atoms with Crippen molar-refractivity contribution < 1.29 is 0 Å². The van der Waals surface area contributed by atoms with E-state index < -0.39 is 28.2 Å². The third kappa shape index (κ3) is 11.7. The van der Waals surface area contributed by atoms with Crippen LogP contribution in [0.1, 0.15) is 0 Å². The van der Waals surface area contributed by atoms with E-state index in [1.807, 2.05) is 0 Å². The van der Waals surface area contributed by atoms with Crippen molar-refractivity contribution in [3.8, 4) is 0 Å². The number of nitrogens with zero attached hydrogens (tertiary/aromatic N) is 6. The van der Waals surface area contributed by atoms with Gasteiger partial charge in [-0.3, -0.25) is 9.49 Å². The van der Waals surface area contributed by atoms with Gasteiger partial charge in [0.2, 0.25) is 0 Å². The molecule has 0 aliphatic carbocycles. The highest BCUT2D eigenvalue weighted by Gasteiger charge is 2.36. The summed E-state index contributed by atoms with van der Waals surface area (Å²) in [4.78, 5) is 4.59. The summed E-state index contributed by atoms with van der Waals surface area (Å²) >= 11 is 0. The van der Waals surface area contributed by atoms with Gasteiger partial charge < -0.3 is 9.80 Å². The van der Waals surface area contributed by atoms with Crippen molar-refractivity contribution in [2.75, 3.05) is 14.1 Å². The average Bonchev–Trinajstić information content (AvgIpc) is 0.752. The first-order valence-corrected chi connectivity index (χ1v) is 38.6. The van der Waals surface area contributed by atoms with Crippen LogP contribution in [0.25, 0.3) is 0 Å². The lowest BCUT2D eigenvalue weighted by Crippen LogP contribution is -2.30. The maximum Gasteiger partial charge on any atom is 0.134 e. The van der Waals surface area contributed by atoms with Gasteiger partial charge in [0, 0.05) is 89.9 Å². The van der Waals surface area contributed by atoms with Crippen molar-refractivity contribution in [2.45, 2.75) is 0 Å². The second kappa shape index (κ2) is 27.6. The molecule has 0 fully saturated rings. The third-order valence-corrected chi connectivity index (χ3v) is 32.0. The van der Waals surface area contributed by atoms with Gasteiger partial charge in [-0.25, -0.2) is 9.49 Å². The van der Waals surface area contributed by atoms with Gasteiger partial charge in [-0.15, -0.1) is 0 Å². The zero-order valence-electron chi connectivity index (χ0n) is 52.4. The largest absolute Gasteiger partial charge is 0.328 e. The van der Waals surface area contributed by atoms with Gasteiger partial charge in [-0.1, -0.05) is 364 Å². The Kier molecular flexibility index (Phi) is 18.0. The molecule has 6 nitrogen and oxygen atoms in total. The van der Waals surface area contributed by atoms with Crippen LogP contribution >= 0.6 is 28.2 Å². The molecule has 0 bridgehead atoms. The molecule has 0 radical (unpaired) electrons. The highest BCUT2D eigenvalue weighted by atomic mass is 31.2. The molecule has 10 heteroatoms. The Labute approximate surface area is 553 Å². The van der Waals surface area contributed by atoms with Crippen LogP contribution in [0.4, 0.5) is 0 Å². The van der Waals surface area contributed by atoms with Crippen LogP contribution < -0.4 is 63.7 Å². The molecule has 12 aromatic carbocycles. The van der Waals surface area contributed by atoms with Gasteiger partial charge in [0.05, 0.1) is 51.0 Å². The van der Waals surface area contributed by atoms with E-state index in [1.165, 1.54) is 0 Å². The zero-order chi connectivity index (χ0) is 63.6. The molecule has 94 heavy (non-hydrogen) atoms. The molecule has 2 aliphatic rings. The van der Waals surface area contributed by atoms with Crippen LogP contribution in [0.15, 0.2) is 442 Å². The second-order valence-corrected chi connectivity index (χ2v) is 35.1. The van der Waals surface area contributed by atoms with Gasteiger partial charge in [-0.2, -0.15) is 0 Å². The molecule has 2 heterocycles. The van der Waals surface area contributed by atoms with E-state index in [9.17, 15) is 0 Å². The minimum atomic E-state index is -2.91. The SMILES string of the molecule is CN1C(N=P(c2ccccc2)(c2ccccc2)c2ccccc2)=CC(N=P(c2ccccc2)(c2ccccc2)c2ccccc2)=C/C1=C1/C=C(N=P(c2ccccc2)(c2ccccc2)c2ccccc2)C=C(N=P(c2ccccc2)(c2ccccc2)c2ccccc2)N1C. The summed E-state index contributed by atoms with van der Waals surface area (Å²) in [5.74, 6) is 1.52. The molecule has 456 valence electrons. The number of hydrogen-bond acceptors (Lipinski definition) is 6. The quantitative estimate of drug-likeness (QED) is 0.0905. The first-order chi connectivity index (χ1) is 46.4. The Hall–Kier alpha value is -10.1. The Morgan fingerprint density at radius 3 is 0.468 bits per heavy atom. The summed E-state index contributed by atoms with van der Waals surface area (Å²) < 4.78 is 25.6. The second-order valence-electron chi connectivity index (χ2n) is 23.0. The Morgan fingerprint density at radius 1 is 0.181 bits per heavy atom. The molecule has 0 spiro atoms. The van der Waals surface area contributed by atoms with Crippen LogP contribution in [0, 0.1) is 0 Å². The summed E-state index contributed by atoms with van der Waals surface area (Å²) in [5, 5.41) is 13.6. The lowest BCUT2D eigenvalue weighted by Gasteiger charge is -2.36. The van der Waals surface area contributed by atoms with Crippen molar-refractivity contribution in [3.63, 3.8) is 0 Å². The number of allylic oxidation sites excluding steroid dienone is 4. The maximum atomic E-state index is 6.41. The predicted octanol–water partition coefficient (Wildman–Crippen LogP) is 16.3. The molecule has 0 aromatic heterocycles. The van der Waals surface area contributed by atoms with E-state index in [0.717, 1.165) is 98.1 Å².